The van der Waals surface area contributed by atoms with Crippen molar-refractivity contribution < 1.29 is 9.53 Å². The number of anilines is 1. The lowest BCUT2D eigenvalue weighted by atomic mass is 10.3. The second kappa shape index (κ2) is 5.81. The Morgan fingerprint density at radius 2 is 2.25 bits per heavy atom. The van der Waals surface area contributed by atoms with Crippen LogP contribution in [-0.2, 0) is 18.2 Å². The van der Waals surface area contributed by atoms with Crippen LogP contribution in [0.3, 0.4) is 0 Å². The van der Waals surface area contributed by atoms with Gasteiger partial charge in [0.25, 0.3) is 0 Å². The SMILES string of the molecule is CC(C)n1cc(N)cc1C(=O)OCCc1ccnn1C. The highest BCUT2D eigenvalue weighted by Gasteiger charge is 2.16. The van der Waals surface area contributed by atoms with E-state index in [1.807, 2.05) is 31.5 Å². The summed E-state index contributed by atoms with van der Waals surface area (Å²) in [5.41, 5.74) is 7.82. The van der Waals surface area contributed by atoms with Crippen molar-refractivity contribution in [3.63, 3.8) is 0 Å². The highest BCUT2D eigenvalue weighted by Crippen LogP contribution is 2.17. The number of ether oxygens (including phenoxy) is 1. The average molecular weight is 276 g/mol. The van der Waals surface area contributed by atoms with E-state index in [1.54, 1.807) is 23.1 Å². The van der Waals surface area contributed by atoms with E-state index in [0.717, 1.165) is 5.69 Å². The van der Waals surface area contributed by atoms with Gasteiger partial charge in [-0.3, -0.25) is 4.68 Å². The number of nitrogens with zero attached hydrogens (tertiary/aromatic N) is 3. The van der Waals surface area contributed by atoms with Crippen LogP contribution in [0.4, 0.5) is 5.69 Å². The first-order chi connectivity index (χ1) is 9.49. The highest BCUT2D eigenvalue weighted by molar-refractivity contribution is 5.89. The van der Waals surface area contributed by atoms with Crippen LogP contribution in [0.15, 0.2) is 24.5 Å². The molecule has 0 radical (unpaired) electrons. The van der Waals surface area contributed by atoms with Crippen molar-refractivity contribution in [2.24, 2.45) is 7.05 Å². The topological polar surface area (TPSA) is 75.1 Å². The van der Waals surface area contributed by atoms with Crippen LogP contribution in [0.1, 0.15) is 36.1 Å². The monoisotopic (exact) mass is 276 g/mol. The molecule has 108 valence electrons. The summed E-state index contributed by atoms with van der Waals surface area (Å²) >= 11 is 0. The van der Waals surface area contributed by atoms with Gasteiger partial charge in [0, 0.05) is 37.6 Å². The van der Waals surface area contributed by atoms with Gasteiger partial charge in [-0.25, -0.2) is 4.79 Å². The molecule has 0 aromatic carbocycles. The van der Waals surface area contributed by atoms with Crippen LogP contribution in [0, 0.1) is 0 Å². The number of hydrogen-bond acceptors (Lipinski definition) is 4. The van der Waals surface area contributed by atoms with Crippen LogP contribution in [0.25, 0.3) is 0 Å². The molecule has 0 atom stereocenters. The molecule has 0 aliphatic heterocycles. The minimum absolute atomic E-state index is 0.159. The number of carbonyl (C=O) groups excluding carboxylic acids is 1. The van der Waals surface area contributed by atoms with Crippen molar-refractivity contribution in [1.82, 2.24) is 14.3 Å². The van der Waals surface area contributed by atoms with E-state index in [4.69, 9.17) is 10.5 Å². The molecular formula is C14H20N4O2. The molecule has 0 aliphatic rings. The molecule has 0 unspecified atom stereocenters. The smallest absolute Gasteiger partial charge is 0.355 e. The van der Waals surface area contributed by atoms with Gasteiger partial charge in [0.2, 0.25) is 0 Å². The van der Waals surface area contributed by atoms with Crippen molar-refractivity contribution in [2.45, 2.75) is 26.3 Å². The molecule has 0 amide bonds. The van der Waals surface area contributed by atoms with Gasteiger partial charge in [0.1, 0.15) is 5.69 Å². The lowest BCUT2D eigenvalue weighted by Crippen LogP contribution is -2.15. The van der Waals surface area contributed by atoms with Crippen LogP contribution < -0.4 is 5.73 Å². The molecule has 0 spiro atoms. The molecule has 6 nitrogen and oxygen atoms in total. The zero-order chi connectivity index (χ0) is 14.7. The lowest BCUT2D eigenvalue weighted by molar-refractivity contribution is 0.0493. The molecule has 0 bridgehead atoms. The number of nitrogen functional groups attached to an aromatic ring is 1. The maximum Gasteiger partial charge on any atom is 0.355 e. The Morgan fingerprint density at radius 1 is 1.50 bits per heavy atom. The van der Waals surface area contributed by atoms with Gasteiger partial charge in [0.15, 0.2) is 0 Å². The number of aromatic nitrogens is 3. The number of nitrogens with two attached hydrogens (primary N) is 1. The Labute approximate surface area is 118 Å². The molecule has 0 saturated heterocycles. The van der Waals surface area contributed by atoms with Gasteiger partial charge in [-0.2, -0.15) is 5.10 Å². The average Bonchev–Trinajstić information content (AvgIpc) is 2.96. The summed E-state index contributed by atoms with van der Waals surface area (Å²) in [7, 11) is 1.86. The maximum atomic E-state index is 12.1. The largest absolute Gasteiger partial charge is 0.461 e. The molecule has 2 aromatic rings. The van der Waals surface area contributed by atoms with Crippen molar-refractivity contribution in [3.8, 4) is 0 Å². The molecular weight excluding hydrogens is 256 g/mol. The summed E-state index contributed by atoms with van der Waals surface area (Å²) in [5.74, 6) is -0.349. The Bertz CT molecular complexity index is 598. The molecule has 0 fully saturated rings. The first-order valence-corrected chi connectivity index (χ1v) is 6.60. The Hall–Kier alpha value is -2.24. The fourth-order valence-electron chi connectivity index (χ4n) is 2.06. The van der Waals surface area contributed by atoms with E-state index in [-0.39, 0.29) is 12.0 Å². The number of aryl methyl sites for hydroxylation is 1. The summed E-state index contributed by atoms with van der Waals surface area (Å²) in [4.78, 5) is 12.1. The third kappa shape index (κ3) is 3.01. The molecule has 0 saturated carbocycles. The van der Waals surface area contributed by atoms with E-state index in [9.17, 15) is 4.79 Å². The summed E-state index contributed by atoms with van der Waals surface area (Å²) in [6.45, 7) is 4.30. The van der Waals surface area contributed by atoms with E-state index in [2.05, 4.69) is 5.10 Å². The number of rotatable bonds is 5. The van der Waals surface area contributed by atoms with Crippen LogP contribution in [0.2, 0.25) is 0 Å². The van der Waals surface area contributed by atoms with E-state index in [1.165, 1.54) is 0 Å². The first kappa shape index (κ1) is 14.2. The first-order valence-electron chi connectivity index (χ1n) is 6.60. The standard InChI is InChI=1S/C14H20N4O2/c1-10(2)18-9-11(15)8-13(18)14(19)20-7-5-12-4-6-16-17(12)3/h4,6,8-10H,5,7,15H2,1-3H3. The molecule has 20 heavy (non-hydrogen) atoms. The number of hydrogen-bond donors (Lipinski definition) is 1. The third-order valence-corrected chi connectivity index (χ3v) is 3.15. The molecule has 2 aromatic heterocycles. The fourth-order valence-corrected chi connectivity index (χ4v) is 2.06. The fraction of sp³-hybridized carbons (Fsp3) is 0.429. The van der Waals surface area contributed by atoms with Crippen molar-refractivity contribution in [1.29, 1.82) is 0 Å². The van der Waals surface area contributed by atoms with Gasteiger partial charge < -0.3 is 15.0 Å². The Morgan fingerprint density at radius 3 is 2.85 bits per heavy atom. The number of esters is 1. The zero-order valence-corrected chi connectivity index (χ0v) is 12.0. The molecule has 2 N–H and O–H groups in total. The summed E-state index contributed by atoms with van der Waals surface area (Å²) in [6, 6.07) is 3.71. The minimum Gasteiger partial charge on any atom is -0.461 e. The van der Waals surface area contributed by atoms with Crippen LogP contribution >= 0.6 is 0 Å². The summed E-state index contributed by atoms with van der Waals surface area (Å²) in [5, 5.41) is 4.07. The van der Waals surface area contributed by atoms with E-state index >= 15 is 0 Å². The second-order valence-electron chi connectivity index (χ2n) is 4.99. The van der Waals surface area contributed by atoms with Crippen molar-refractivity contribution >= 4 is 11.7 Å². The lowest BCUT2D eigenvalue weighted by Gasteiger charge is -2.12. The second-order valence-corrected chi connectivity index (χ2v) is 4.99. The molecule has 6 heteroatoms. The predicted octanol–water partition coefficient (Wildman–Crippen LogP) is 1.78. The van der Waals surface area contributed by atoms with Gasteiger partial charge in [-0.05, 0) is 26.0 Å². The quantitative estimate of drug-likeness (QED) is 0.845. The van der Waals surface area contributed by atoms with E-state index < -0.39 is 0 Å². The molecule has 2 heterocycles. The third-order valence-electron chi connectivity index (χ3n) is 3.15. The number of carbonyl (C=O) groups is 1. The van der Waals surface area contributed by atoms with Crippen molar-refractivity contribution in [2.75, 3.05) is 12.3 Å². The Balaban J connectivity index is 1.97. The zero-order valence-electron chi connectivity index (χ0n) is 12.0. The molecule has 0 aliphatic carbocycles. The van der Waals surface area contributed by atoms with Gasteiger partial charge in [-0.15, -0.1) is 0 Å². The van der Waals surface area contributed by atoms with Crippen LogP contribution in [0.5, 0.6) is 0 Å². The highest BCUT2D eigenvalue weighted by atomic mass is 16.5. The van der Waals surface area contributed by atoms with Gasteiger partial charge in [0.05, 0.1) is 12.3 Å². The Kier molecular flexibility index (Phi) is 4.12. The normalized spacial score (nSPS) is 11.0. The maximum absolute atomic E-state index is 12.1. The van der Waals surface area contributed by atoms with Crippen molar-refractivity contribution in [3.05, 3.63) is 35.9 Å². The van der Waals surface area contributed by atoms with E-state index in [0.29, 0.717) is 24.4 Å². The minimum atomic E-state index is -0.349. The summed E-state index contributed by atoms with van der Waals surface area (Å²) in [6.07, 6.45) is 4.12. The van der Waals surface area contributed by atoms with Crippen LogP contribution in [-0.4, -0.2) is 26.9 Å². The molecule has 2 rings (SSSR count). The van der Waals surface area contributed by atoms with Gasteiger partial charge >= 0.3 is 5.97 Å². The van der Waals surface area contributed by atoms with Gasteiger partial charge in [-0.1, -0.05) is 0 Å². The summed E-state index contributed by atoms with van der Waals surface area (Å²) < 4.78 is 8.89. The predicted molar refractivity (Wildman–Crippen MR) is 76.4 cm³/mol.